The highest BCUT2D eigenvalue weighted by molar-refractivity contribution is 5.92. The minimum absolute atomic E-state index is 0.136. The third-order valence-corrected chi connectivity index (χ3v) is 2.24. The van der Waals surface area contributed by atoms with E-state index in [1.54, 1.807) is 23.3 Å². The van der Waals surface area contributed by atoms with Crippen molar-refractivity contribution >= 4 is 11.7 Å². The molecule has 0 aliphatic carbocycles. The van der Waals surface area contributed by atoms with Gasteiger partial charge in [0.25, 0.3) is 0 Å². The summed E-state index contributed by atoms with van der Waals surface area (Å²) in [7, 11) is 1.29. The summed E-state index contributed by atoms with van der Waals surface area (Å²) in [5.74, 6) is -0.535. The standard InChI is InChI=1S/C11H12N4O2/c1-17-11(16)10-9(12)7-15(14-10)6-8-3-2-4-13-5-8/h2-5,7H,6,12H2,1H3. The van der Waals surface area contributed by atoms with Gasteiger partial charge >= 0.3 is 5.97 Å². The number of hydrogen-bond donors (Lipinski definition) is 1. The first kappa shape index (κ1) is 11.1. The van der Waals surface area contributed by atoms with Gasteiger partial charge in [-0.05, 0) is 11.6 Å². The van der Waals surface area contributed by atoms with Crippen molar-refractivity contribution in [1.82, 2.24) is 14.8 Å². The van der Waals surface area contributed by atoms with Crippen molar-refractivity contribution in [3.05, 3.63) is 42.0 Å². The van der Waals surface area contributed by atoms with Gasteiger partial charge in [0.05, 0.1) is 19.3 Å². The van der Waals surface area contributed by atoms with Crippen LogP contribution in [0.2, 0.25) is 0 Å². The van der Waals surface area contributed by atoms with Gasteiger partial charge in [-0.25, -0.2) is 4.79 Å². The van der Waals surface area contributed by atoms with Crippen molar-refractivity contribution < 1.29 is 9.53 Å². The molecule has 0 spiro atoms. The number of esters is 1. The first-order valence-corrected chi connectivity index (χ1v) is 5.01. The minimum Gasteiger partial charge on any atom is -0.464 e. The maximum absolute atomic E-state index is 11.3. The second-order valence-corrected chi connectivity index (χ2v) is 3.48. The van der Waals surface area contributed by atoms with E-state index in [1.807, 2.05) is 12.1 Å². The Morgan fingerprint density at radius 3 is 3.06 bits per heavy atom. The van der Waals surface area contributed by atoms with Crippen LogP contribution in [-0.2, 0) is 11.3 Å². The summed E-state index contributed by atoms with van der Waals surface area (Å²) in [6, 6.07) is 3.76. The maximum atomic E-state index is 11.3. The third kappa shape index (κ3) is 2.41. The summed E-state index contributed by atoms with van der Waals surface area (Å²) < 4.78 is 6.16. The number of nitrogens with zero attached hydrogens (tertiary/aromatic N) is 3. The summed E-state index contributed by atoms with van der Waals surface area (Å²) in [4.78, 5) is 15.3. The molecule has 0 saturated heterocycles. The number of ether oxygens (including phenoxy) is 1. The van der Waals surface area contributed by atoms with Gasteiger partial charge in [-0.15, -0.1) is 0 Å². The molecule has 2 aromatic heterocycles. The van der Waals surface area contributed by atoms with Crippen molar-refractivity contribution in [2.45, 2.75) is 6.54 Å². The van der Waals surface area contributed by atoms with Crippen molar-refractivity contribution in [1.29, 1.82) is 0 Å². The second kappa shape index (κ2) is 4.65. The van der Waals surface area contributed by atoms with Crippen LogP contribution >= 0.6 is 0 Å². The fraction of sp³-hybridized carbons (Fsp3) is 0.182. The molecule has 2 aromatic rings. The molecule has 2 heterocycles. The normalized spacial score (nSPS) is 10.2. The molecule has 0 bridgehead atoms. The monoisotopic (exact) mass is 232 g/mol. The molecule has 0 radical (unpaired) electrons. The Kier molecular flexibility index (Phi) is 3.04. The number of carbonyl (C=O) groups is 1. The third-order valence-electron chi connectivity index (χ3n) is 2.24. The number of carbonyl (C=O) groups excluding carboxylic acids is 1. The Hall–Kier alpha value is -2.37. The quantitative estimate of drug-likeness (QED) is 0.787. The number of anilines is 1. The topological polar surface area (TPSA) is 83.0 Å². The number of nitrogens with two attached hydrogens (primary N) is 1. The average Bonchev–Trinajstić information content (AvgIpc) is 2.70. The van der Waals surface area contributed by atoms with Crippen LogP contribution in [0.15, 0.2) is 30.7 Å². The minimum atomic E-state index is -0.535. The van der Waals surface area contributed by atoms with Crippen molar-refractivity contribution in [3.8, 4) is 0 Å². The Morgan fingerprint density at radius 1 is 1.59 bits per heavy atom. The smallest absolute Gasteiger partial charge is 0.360 e. The van der Waals surface area contributed by atoms with Crippen LogP contribution < -0.4 is 5.73 Å². The first-order chi connectivity index (χ1) is 8.20. The van der Waals surface area contributed by atoms with Crippen molar-refractivity contribution in [2.75, 3.05) is 12.8 Å². The number of methoxy groups -OCH3 is 1. The molecule has 0 aromatic carbocycles. The lowest BCUT2D eigenvalue weighted by molar-refractivity contribution is 0.0594. The van der Waals surface area contributed by atoms with E-state index >= 15 is 0 Å². The highest BCUT2D eigenvalue weighted by Crippen LogP contribution is 2.11. The van der Waals surface area contributed by atoms with E-state index in [9.17, 15) is 4.79 Å². The fourth-order valence-corrected chi connectivity index (χ4v) is 1.45. The summed E-state index contributed by atoms with van der Waals surface area (Å²) in [5, 5.41) is 4.07. The van der Waals surface area contributed by atoms with Crippen LogP contribution in [0, 0.1) is 0 Å². The van der Waals surface area contributed by atoms with Gasteiger partial charge in [0.2, 0.25) is 0 Å². The molecule has 2 rings (SSSR count). The van der Waals surface area contributed by atoms with Crippen LogP contribution in [0.3, 0.4) is 0 Å². The summed E-state index contributed by atoms with van der Waals surface area (Å²) in [6.45, 7) is 0.509. The van der Waals surface area contributed by atoms with Gasteiger partial charge in [0.15, 0.2) is 5.69 Å². The maximum Gasteiger partial charge on any atom is 0.360 e. The molecule has 0 fully saturated rings. The summed E-state index contributed by atoms with van der Waals surface area (Å²) in [5.41, 5.74) is 7.09. The van der Waals surface area contributed by atoms with E-state index in [2.05, 4.69) is 14.8 Å². The Labute approximate surface area is 98.0 Å². The lowest BCUT2D eigenvalue weighted by Gasteiger charge is -2.00. The number of hydrogen-bond acceptors (Lipinski definition) is 5. The molecule has 0 aliphatic rings. The van der Waals surface area contributed by atoms with E-state index in [4.69, 9.17) is 5.73 Å². The number of pyridine rings is 1. The van der Waals surface area contributed by atoms with Crippen LogP contribution in [-0.4, -0.2) is 27.8 Å². The zero-order valence-corrected chi connectivity index (χ0v) is 9.33. The van der Waals surface area contributed by atoms with E-state index in [1.165, 1.54) is 7.11 Å². The highest BCUT2D eigenvalue weighted by atomic mass is 16.5. The molecule has 6 nitrogen and oxygen atoms in total. The van der Waals surface area contributed by atoms with Crippen molar-refractivity contribution in [2.24, 2.45) is 0 Å². The average molecular weight is 232 g/mol. The predicted octanol–water partition coefficient (Wildman–Crippen LogP) is 0.695. The van der Waals surface area contributed by atoms with Crippen LogP contribution in [0.5, 0.6) is 0 Å². The molecule has 0 atom stereocenters. The summed E-state index contributed by atoms with van der Waals surface area (Å²) >= 11 is 0. The molecular formula is C11H12N4O2. The molecule has 17 heavy (non-hydrogen) atoms. The lowest BCUT2D eigenvalue weighted by Crippen LogP contribution is -2.07. The highest BCUT2D eigenvalue weighted by Gasteiger charge is 2.14. The largest absolute Gasteiger partial charge is 0.464 e. The molecular weight excluding hydrogens is 220 g/mol. The molecule has 0 aliphatic heterocycles. The summed E-state index contributed by atoms with van der Waals surface area (Å²) in [6.07, 6.45) is 5.02. The SMILES string of the molecule is COC(=O)c1nn(Cc2cccnc2)cc1N. The Balaban J connectivity index is 2.21. The number of nitrogen functional groups attached to an aromatic ring is 1. The zero-order valence-electron chi connectivity index (χ0n) is 9.33. The van der Waals surface area contributed by atoms with Gasteiger partial charge in [-0.3, -0.25) is 9.67 Å². The van der Waals surface area contributed by atoms with E-state index in [0.29, 0.717) is 12.2 Å². The van der Waals surface area contributed by atoms with Gasteiger partial charge in [0.1, 0.15) is 0 Å². The molecule has 6 heteroatoms. The predicted molar refractivity (Wildman–Crippen MR) is 61.3 cm³/mol. The van der Waals surface area contributed by atoms with E-state index < -0.39 is 5.97 Å². The van der Waals surface area contributed by atoms with Crippen LogP contribution in [0.25, 0.3) is 0 Å². The van der Waals surface area contributed by atoms with Gasteiger partial charge < -0.3 is 10.5 Å². The van der Waals surface area contributed by atoms with E-state index in [-0.39, 0.29) is 5.69 Å². The van der Waals surface area contributed by atoms with Gasteiger partial charge in [-0.1, -0.05) is 6.07 Å². The first-order valence-electron chi connectivity index (χ1n) is 5.01. The Bertz CT molecular complexity index is 522. The van der Waals surface area contributed by atoms with E-state index in [0.717, 1.165) is 5.56 Å². The molecule has 0 saturated carbocycles. The number of rotatable bonds is 3. The lowest BCUT2D eigenvalue weighted by atomic mass is 10.3. The second-order valence-electron chi connectivity index (χ2n) is 3.48. The Morgan fingerprint density at radius 2 is 2.41 bits per heavy atom. The molecule has 88 valence electrons. The van der Waals surface area contributed by atoms with Gasteiger partial charge in [-0.2, -0.15) is 5.10 Å². The molecule has 0 amide bonds. The molecule has 0 unspecified atom stereocenters. The van der Waals surface area contributed by atoms with Crippen LogP contribution in [0.1, 0.15) is 16.1 Å². The van der Waals surface area contributed by atoms with Gasteiger partial charge in [0, 0.05) is 18.6 Å². The zero-order chi connectivity index (χ0) is 12.3. The fourth-order valence-electron chi connectivity index (χ4n) is 1.45. The number of aromatic nitrogens is 3. The van der Waals surface area contributed by atoms with Crippen LogP contribution in [0.4, 0.5) is 5.69 Å². The molecule has 2 N–H and O–H groups in total. The van der Waals surface area contributed by atoms with Crippen molar-refractivity contribution in [3.63, 3.8) is 0 Å².